The van der Waals surface area contributed by atoms with E-state index in [2.05, 4.69) is 4.98 Å². The number of rotatable bonds is 1. The van der Waals surface area contributed by atoms with Crippen LogP contribution in [0.5, 0.6) is 0 Å². The Morgan fingerprint density at radius 3 is 3.18 bits per heavy atom. The van der Waals surface area contributed by atoms with Gasteiger partial charge in [0.1, 0.15) is 5.15 Å². The Kier molecular flexibility index (Phi) is 3.49. The van der Waals surface area contributed by atoms with Crippen molar-refractivity contribution < 1.29 is 9.53 Å². The molecule has 1 saturated heterocycles. The largest absolute Gasteiger partial charge is 0.397 e. The van der Waals surface area contributed by atoms with Crippen molar-refractivity contribution in [3.63, 3.8) is 0 Å². The molecule has 1 atom stereocenters. The van der Waals surface area contributed by atoms with Crippen molar-refractivity contribution in [1.29, 1.82) is 0 Å². The molecular weight excluding hydrogens is 242 g/mol. The summed E-state index contributed by atoms with van der Waals surface area (Å²) in [5, 5.41) is 0.183. The highest BCUT2D eigenvalue weighted by Gasteiger charge is 2.26. The molecule has 1 aliphatic rings. The van der Waals surface area contributed by atoms with Crippen molar-refractivity contribution in [2.75, 3.05) is 25.5 Å². The number of aromatic nitrogens is 1. The third-order valence-electron chi connectivity index (χ3n) is 2.72. The molecule has 1 fully saturated rings. The van der Waals surface area contributed by atoms with Crippen molar-refractivity contribution in [1.82, 2.24) is 9.88 Å². The minimum atomic E-state index is -0.148. The first kappa shape index (κ1) is 12.1. The van der Waals surface area contributed by atoms with E-state index in [9.17, 15) is 4.79 Å². The van der Waals surface area contributed by atoms with Gasteiger partial charge in [0, 0.05) is 6.54 Å². The predicted molar refractivity (Wildman–Crippen MR) is 65.0 cm³/mol. The molecule has 92 valence electrons. The topological polar surface area (TPSA) is 68.5 Å². The van der Waals surface area contributed by atoms with Crippen LogP contribution < -0.4 is 5.73 Å². The van der Waals surface area contributed by atoms with Crippen LogP contribution in [-0.4, -0.2) is 41.6 Å². The smallest absolute Gasteiger partial charge is 0.257 e. The van der Waals surface area contributed by atoms with Gasteiger partial charge in [-0.2, -0.15) is 0 Å². The first-order chi connectivity index (χ1) is 8.09. The Hall–Kier alpha value is -1.33. The summed E-state index contributed by atoms with van der Waals surface area (Å²) in [6.07, 6.45) is 1.43. The van der Waals surface area contributed by atoms with E-state index in [0.29, 0.717) is 31.0 Å². The number of hydrogen-bond donors (Lipinski definition) is 1. The monoisotopic (exact) mass is 255 g/mol. The molecule has 1 aromatic heterocycles. The van der Waals surface area contributed by atoms with Gasteiger partial charge in [0.2, 0.25) is 0 Å². The number of morpholine rings is 1. The Bertz CT molecular complexity index is 439. The number of amides is 1. The van der Waals surface area contributed by atoms with Crippen molar-refractivity contribution in [2.45, 2.75) is 13.0 Å². The summed E-state index contributed by atoms with van der Waals surface area (Å²) in [5.74, 6) is -0.148. The zero-order valence-electron chi connectivity index (χ0n) is 9.52. The number of carbonyl (C=O) groups excluding carboxylic acids is 1. The lowest BCUT2D eigenvalue weighted by Crippen LogP contribution is -2.47. The molecule has 0 radical (unpaired) electrons. The molecule has 1 aromatic rings. The Balaban J connectivity index is 2.26. The van der Waals surface area contributed by atoms with Crippen molar-refractivity contribution in [3.05, 3.63) is 23.0 Å². The average molecular weight is 256 g/mol. The lowest BCUT2D eigenvalue weighted by atomic mass is 10.2. The van der Waals surface area contributed by atoms with Gasteiger partial charge in [0.15, 0.2) is 0 Å². The van der Waals surface area contributed by atoms with E-state index < -0.39 is 0 Å². The van der Waals surface area contributed by atoms with Crippen LogP contribution in [0.25, 0.3) is 0 Å². The molecule has 0 saturated carbocycles. The number of nitrogens with two attached hydrogens (primary N) is 1. The zero-order valence-corrected chi connectivity index (χ0v) is 10.3. The van der Waals surface area contributed by atoms with Gasteiger partial charge in [0.25, 0.3) is 5.91 Å². The van der Waals surface area contributed by atoms with Crippen LogP contribution in [-0.2, 0) is 4.74 Å². The summed E-state index contributed by atoms with van der Waals surface area (Å²) < 4.78 is 5.28. The number of hydrogen-bond acceptors (Lipinski definition) is 4. The molecule has 1 unspecified atom stereocenters. The fourth-order valence-corrected chi connectivity index (χ4v) is 1.98. The quantitative estimate of drug-likeness (QED) is 0.765. The number of nitrogen functional groups attached to an aromatic ring is 1. The van der Waals surface area contributed by atoms with Gasteiger partial charge < -0.3 is 15.4 Å². The summed E-state index contributed by atoms with van der Waals surface area (Å²) in [5.41, 5.74) is 6.39. The maximum absolute atomic E-state index is 12.3. The second-order valence-corrected chi connectivity index (χ2v) is 4.39. The predicted octanol–water partition coefficient (Wildman–Crippen LogP) is 1.18. The molecule has 0 aliphatic carbocycles. The van der Waals surface area contributed by atoms with Gasteiger partial charge in [-0.25, -0.2) is 4.98 Å². The normalized spacial score (nSPS) is 20.4. The van der Waals surface area contributed by atoms with Gasteiger partial charge >= 0.3 is 0 Å². The molecule has 1 amide bonds. The molecule has 2 rings (SSSR count). The fourth-order valence-electron chi connectivity index (χ4n) is 1.80. The SMILES string of the molecule is CC1COCCN1C(=O)c1cc(N)cnc1Cl. The number of carbonyl (C=O) groups is 1. The van der Waals surface area contributed by atoms with Gasteiger partial charge in [-0.1, -0.05) is 11.6 Å². The number of halogens is 1. The summed E-state index contributed by atoms with van der Waals surface area (Å²) in [7, 11) is 0. The van der Waals surface area contributed by atoms with E-state index in [-0.39, 0.29) is 17.1 Å². The van der Waals surface area contributed by atoms with E-state index in [1.807, 2.05) is 6.92 Å². The molecule has 17 heavy (non-hydrogen) atoms. The Labute approximate surface area is 105 Å². The molecule has 0 bridgehead atoms. The van der Waals surface area contributed by atoms with E-state index in [4.69, 9.17) is 22.1 Å². The first-order valence-corrected chi connectivity index (χ1v) is 5.77. The summed E-state index contributed by atoms with van der Waals surface area (Å²) in [6.45, 7) is 3.58. The van der Waals surface area contributed by atoms with Crippen LogP contribution in [0.2, 0.25) is 5.15 Å². The highest BCUT2D eigenvalue weighted by atomic mass is 35.5. The van der Waals surface area contributed by atoms with Crippen LogP contribution in [0.1, 0.15) is 17.3 Å². The second kappa shape index (κ2) is 4.89. The van der Waals surface area contributed by atoms with Crippen LogP contribution in [0, 0.1) is 0 Å². The van der Waals surface area contributed by atoms with E-state index >= 15 is 0 Å². The maximum atomic E-state index is 12.3. The third kappa shape index (κ3) is 2.50. The third-order valence-corrected chi connectivity index (χ3v) is 3.02. The molecule has 0 aromatic carbocycles. The second-order valence-electron chi connectivity index (χ2n) is 4.03. The minimum absolute atomic E-state index is 0.0359. The molecule has 2 N–H and O–H groups in total. The van der Waals surface area contributed by atoms with Crippen molar-refractivity contribution in [3.8, 4) is 0 Å². The number of anilines is 1. The van der Waals surface area contributed by atoms with Crippen molar-refractivity contribution in [2.24, 2.45) is 0 Å². The van der Waals surface area contributed by atoms with Crippen LogP contribution in [0.4, 0.5) is 5.69 Å². The molecule has 1 aliphatic heterocycles. The zero-order chi connectivity index (χ0) is 12.4. The highest BCUT2D eigenvalue weighted by molar-refractivity contribution is 6.32. The molecule has 5 nitrogen and oxygen atoms in total. The van der Waals surface area contributed by atoms with Gasteiger partial charge in [-0.05, 0) is 13.0 Å². The van der Waals surface area contributed by atoms with Gasteiger partial charge in [-0.15, -0.1) is 0 Å². The van der Waals surface area contributed by atoms with Crippen LogP contribution in [0.3, 0.4) is 0 Å². The Morgan fingerprint density at radius 2 is 2.47 bits per heavy atom. The number of ether oxygens (including phenoxy) is 1. The molecule has 0 spiro atoms. The Morgan fingerprint density at radius 1 is 1.71 bits per heavy atom. The lowest BCUT2D eigenvalue weighted by molar-refractivity contribution is 0.00358. The summed E-state index contributed by atoms with van der Waals surface area (Å²) in [6, 6.07) is 1.59. The first-order valence-electron chi connectivity index (χ1n) is 5.39. The lowest BCUT2D eigenvalue weighted by Gasteiger charge is -2.33. The number of pyridine rings is 1. The van der Waals surface area contributed by atoms with E-state index in [1.165, 1.54) is 6.20 Å². The van der Waals surface area contributed by atoms with Crippen molar-refractivity contribution >= 4 is 23.2 Å². The van der Waals surface area contributed by atoms with Crippen LogP contribution in [0.15, 0.2) is 12.3 Å². The molecular formula is C11H14ClN3O2. The standard InChI is InChI=1S/C11H14ClN3O2/c1-7-6-17-3-2-15(7)11(16)9-4-8(13)5-14-10(9)12/h4-5,7H,2-3,6,13H2,1H3. The molecule has 6 heteroatoms. The van der Waals surface area contributed by atoms with E-state index in [1.54, 1.807) is 11.0 Å². The average Bonchev–Trinajstić information content (AvgIpc) is 2.32. The van der Waals surface area contributed by atoms with E-state index in [0.717, 1.165) is 0 Å². The molecule has 2 heterocycles. The van der Waals surface area contributed by atoms with Gasteiger partial charge in [-0.3, -0.25) is 4.79 Å². The summed E-state index contributed by atoms with van der Waals surface area (Å²) >= 11 is 5.91. The van der Waals surface area contributed by atoms with Crippen LogP contribution >= 0.6 is 11.6 Å². The number of nitrogens with zero attached hydrogens (tertiary/aromatic N) is 2. The minimum Gasteiger partial charge on any atom is -0.397 e. The summed E-state index contributed by atoms with van der Waals surface area (Å²) in [4.78, 5) is 17.9. The highest BCUT2D eigenvalue weighted by Crippen LogP contribution is 2.20. The maximum Gasteiger partial charge on any atom is 0.257 e. The van der Waals surface area contributed by atoms with Gasteiger partial charge in [0.05, 0.1) is 36.7 Å². The fraction of sp³-hybridized carbons (Fsp3) is 0.455.